The SMILES string of the molecule is COC(=O)CC(c1ccccc1)c1c(O)cc(C)n(CCc2c[nH]c3ccccc23)c1=O. The topological polar surface area (TPSA) is 84.3 Å². The fraction of sp³-hybridized carbons (Fsp3) is 0.231. The van der Waals surface area contributed by atoms with Crippen molar-refractivity contribution in [2.75, 3.05) is 7.11 Å². The van der Waals surface area contributed by atoms with E-state index >= 15 is 0 Å². The molecule has 2 aromatic heterocycles. The number of para-hydroxylation sites is 1. The average Bonchev–Trinajstić information content (AvgIpc) is 3.21. The Morgan fingerprint density at radius 2 is 1.84 bits per heavy atom. The van der Waals surface area contributed by atoms with Gasteiger partial charge in [-0.25, -0.2) is 0 Å². The van der Waals surface area contributed by atoms with Crippen molar-refractivity contribution in [3.63, 3.8) is 0 Å². The monoisotopic (exact) mass is 430 g/mol. The summed E-state index contributed by atoms with van der Waals surface area (Å²) >= 11 is 0. The number of methoxy groups -OCH3 is 1. The van der Waals surface area contributed by atoms with Crippen LogP contribution in [0.25, 0.3) is 10.9 Å². The smallest absolute Gasteiger partial charge is 0.306 e. The maximum atomic E-state index is 13.6. The van der Waals surface area contributed by atoms with Crippen LogP contribution in [0.1, 0.15) is 34.7 Å². The van der Waals surface area contributed by atoms with Gasteiger partial charge < -0.3 is 19.4 Å². The van der Waals surface area contributed by atoms with Gasteiger partial charge in [-0.3, -0.25) is 9.59 Å². The van der Waals surface area contributed by atoms with E-state index < -0.39 is 11.9 Å². The Hall–Kier alpha value is -3.80. The summed E-state index contributed by atoms with van der Waals surface area (Å²) < 4.78 is 6.53. The Balaban J connectivity index is 1.73. The van der Waals surface area contributed by atoms with E-state index in [4.69, 9.17) is 4.74 Å². The Morgan fingerprint density at radius 3 is 2.59 bits per heavy atom. The molecule has 32 heavy (non-hydrogen) atoms. The number of nitrogens with one attached hydrogen (secondary N) is 1. The zero-order valence-electron chi connectivity index (χ0n) is 18.2. The number of nitrogens with zero attached hydrogens (tertiary/aromatic N) is 1. The number of hydrogen-bond donors (Lipinski definition) is 2. The van der Waals surface area contributed by atoms with Crippen molar-refractivity contribution in [3.05, 3.63) is 99.6 Å². The van der Waals surface area contributed by atoms with Crippen LogP contribution in [0, 0.1) is 6.92 Å². The van der Waals surface area contributed by atoms with E-state index in [-0.39, 0.29) is 23.3 Å². The molecule has 1 unspecified atom stereocenters. The second-order valence-corrected chi connectivity index (χ2v) is 7.89. The first-order chi connectivity index (χ1) is 15.5. The molecular weight excluding hydrogens is 404 g/mol. The van der Waals surface area contributed by atoms with Crippen LogP contribution in [0.15, 0.2) is 71.7 Å². The number of aryl methyl sites for hydroxylation is 2. The van der Waals surface area contributed by atoms with Gasteiger partial charge in [-0.15, -0.1) is 0 Å². The Labute approximate surface area is 186 Å². The third-order valence-corrected chi connectivity index (χ3v) is 5.95. The van der Waals surface area contributed by atoms with E-state index in [9.17, 15) is 14.7 Å². The number of H-pyrrole nitrogens is 1. The number of carbonyl (C=O) groups excluding carboxylic acids is 1. The second-order valence-electron chi connectivity index (χ2n) is 7.89. The van der Waals surface area contributed by atoms with Crippen molar-refractivity contribution < 1.29 is 14.6 Å². The molecule has 6 heteroatoms. The zero-order valence-corrected chi connectivity index (χ0v) is 18.2. The first-order valence-corrected chi connectivity index (χ1v) is 10.6. The summed E-state index contributed by atoms with van der Waals surface area (Å²) in [5, 5.41) is 11.9. The molecule has 0 fully saturated rings. The van der Waals surface area contributed by atoms with E-state index in [1.807, 2.05) is 54.7 Å². The molecule has 2 heterocycles. The van der Waals surface area contributed by atoms with Gasteiger partial charge in [-0.2, -0.15) is 0 Å². The van der Waals surface area contributed by atoms with Crippen molar-refractivity contribution in [3.8, 4) is 5.75 Å². The second kappa shape index (κ2) is 9.14. The van der Waals surface area contributed by atoms with Crippen LogP contribution in [-0.2, 0) is 22.5 Å². The first kappa shape index (κ1) is 21.4. The molecule has 164 valence electrons. The molecule has 4 aromatic rings. The first-order valence-electron chi connectivity index (χ1n) is 10.6. The van der Waals surface area contributed by atoms with E-state index in [0.717, 1.165) is 22.0 Å². The number of esters is 1. The van der Waals surface area contributed by atoms with Crippen LogP contribution < -0.4 is 5.56 Å². The molecule has 2 aromatic carbocycles. The van der Waals surface area contributed by atoms with Gasteiger partial charge in [0, 0.05) is 35.3 Å². The number of carbonyl (C=O) groups is 1. The van der Waals surface area contributed by atoms with E-state index in [0.29, 0.717) is 18.7 Å². The number of aromatic nitrogens is 2. The summed E-state index contributed by atoms with van der Waals surface area (Å²) in [6.07, 6.45) is 2.59. The molecule has 1 atom stereocenters. The lowest BCUT2D eigenvalue weighted by Crippen LogP contribution is -2.29. The van der Waals surface area contributed by atoms with Crippen LogP contribution in [0.5, 0.6) is 5.75 Å². The molecule has 0 bridgehead atoms. The predicted octanol–water partition coefficient (Wildman–Crippen LogP) is 4.28. The number of pyridine rings is 1. The molecular formula is C26H26N2O4. The Kier molecular flexibility index (Phi) is 6.12. The van der Waals surface area contributed by atoms with Crippen molar-refractivity contribution in [2.45, 2.75) is 32.2 Å². The molecule has 0 saturated carbocycles. The fourth-order valence-electron chi connectivity index (χ4n) is 4.27. The highest BCUT2D eigenvalue weighted by molar-refractivity contribution is 5.83. The van der Waals surface area contributed by atoms with Gasteiger partial charge in [0.1, 0.15) is 5.75 Å². The summed E-state index contributed by atoms with van der Waals surface area (Å²) in [5.41, 5.74) is 3.54. The minimum atomic E-state index is -0.601. The predicted molar refractivity (Wildman–Crippen MR) is 124 cm³/mol. The molecule has 0 saturated heterocycles. The standard InChI is InChI=1S/C26H26N2O4/c1-17-14-23(29)25(21(15-24(30)32-2)18-8-4-3-5-9-18)26(31)28(17)13-12-19-16-27-22-11-7-6-10-20(19)22/h3-11,14,16,21,27,29H,12-13,15H2,1-2H3. The largest absolute Gasteiger partial charge is 0.507 e. The molecule has 4 rings (SSSR count). The highest BCUT2D eigenvalue weighted by Gasteiger charge is 2.26. The van der Waals surface area contributed by atoms with Crippen LogP contribution in [0.2, 0.25) is 0 Å². The van der Waals surface area contributed by atoms with Gasteiger partial charge in [0.05, 0.1) is 19.1 Å². The number of fused-ring (bicyclic) bond motifs is 1. The quantitative estimate of drug-likeness (QED) is 0.429. The summed E-state index contributed by atoms with van der Waals surface area (Å²) in [4.78, 5) is 29.0. The van der Waals surface area contributed by atoms with E-state index in [1.54, 1.807) is 17.6 Å². The molecule has 0 radical (unpaired) electrons. The number of ether oxygens (including phenoxy) is 1. The minimum Gasteiger partial charge on any atom is -0.507 e. The van der Waals surface area contributed by atoms with Crippen LogP contribution in [-0.4, -0.2) is 27.7 Å². The Bertz CT molecular complexity index is 1300. The van der Waals surface area contributed by atoms with Crippen molar-refractivity contribution >= 4 is 16.9 Å². The molecule has 2 N–H and O–H groups in total. The van der Waals surface area contributed by atoms with Crippen molar-refractivity contribution in [2.24, 2.45) is 0 Å². The average molecular weight is 431 g/mol. The van der Waals surface area contributed by atoms with Gasteiger partial charge in [0.15, 0.2) is 0 Å². The van der Waals surface area contributed by atoms with E-state index in [2.05, 4.69) is 11.1 Å². The molecule has 0 aliphatic heterocycles. The highest BCUT2D eigenvalue weighted by Crippen LogP contribution is 2.32. The summed E-state index contributed by atoms with van der Waals surface area (Å²) in [5.74, 6) is -1.15. The third kappa shape index (κ3) is 4.17. The summed E-state index contributed by atoms with van der Waals surface area (Å²) in [7, 11) is 1.32. The molecule has 0 spiro atoms. The lowest BCUT2D eigenvalue weighted by Gasteiger charge is -2.20. The number of rotatable bonds is 7. The normalized spacial score (nSPS) is 12.1. The molecule has 6 nitrogen and oxygen atoms in total. The van der Waals surface area contributed by atoms with Gasteiger partial charge in [0.2, 0.25) is 0 Å². The maximum absolute atomic E-state index is 13.6. The molecule has 0 amide bonds. The lowest BCUT2D eigenvalue weighted by molar-refractivity contribution is -0.140. The van der Waals surface area contributed by atoms with Crippen molar-refractivity contribution in [1.29, 1.82) is 0 Å². The summed E-state index contributed by atoms with van der Waals surface area (Å²) in [6, 6.07) is 18.9. The minimum absolute atomic E-state index is 0.0329. The van der Waals surface area contributed by atoms with Crippen LogP contribution in [0.3, 0.4) is 0 Å². The van der Waals surface area contributed by atoms with E-state index in [1.165, 1.54) is 7.11 Å². The maximum Gasteiger partial charge on any atom is 0.306 e. The molecule has 0 aliphatic rings. The van der Waals surface area contributed by atoms with Gasteiger partial charge >= 0.3 is 5.97 Å². The van der Waals surface area contributed by atoms with Gasteiger partial charge in [0.25, 0.3) is 5.56 Å². The van der Waals surface area contributed by atoms with Gasteiger partial charge in [-0.05, 0) is 36.6 Å². The van der Waals surface area contributed by atoms with Gasteiger partial charge in [-0.1, -0.05) is 48.5 Å². The number of aromatic amines is 1. The number of benzene rings is 2. The highest BCUT2D eigenvalue weighted by atomic mass is 16.5. The third-order valence-electron chi connectivity index (χ3n) is 5.95. The summed E-state index contributed by atoms with van der Waals surface area (Å²) in [6.45, 7) is 2.26. The van der Waals surface area contributed by atoms with Crippen LogP contribution >= 0.6 is 0 Å². The van der Waals surface area contributed by atoms with Crippen LogP contribution in [0.4, 0.5) is 0 Å². The fourth-order valence-corrected chi connectivity index (χ4v) is 4.27. The Morgan fingerprint density at radius 1 is 1.12 bits per heavy atom. The number of hydrogen-bond acceptors (Lipinski definition) is 4. The van der Waals surface area contributed by atoms with Crippen molar-refractivity contribution in [1.82, 2.24) is 9.55 Å². The number of aromatic hydroxyl groups is 1. The molecule has 0 aliphatic carbocycles. The zero-order chi connectivity index (χ0) is 22.7. The lowest BCUT2D eigenvalue weighted by atomic mass is 9.88.